The normalized spacial score (nSPS) is 15.0. The SMILES string of the molecule is O=C(Cc1cccs1)NCCc1csc(N2CCCCC2)n1. The van der Waals surface area contributed by atoms with Crippen LogP contribution < -0.4 is 10.2 Å². The van der Waals surface area contributed by atoms with Crippen molar-refractivity contribution in [3.63, 3.8) is 0 Å². The highest BCUT2D eigenvalue weighted by atomic mass is 32.1. The Balaban J connectivity index is 1.42. The van der Waals surface area contributed by atoms with Crippen LogP contribution in [0.2, 0.25) is 0 Å². The first-order valence-electron chi connectivity index (χ1n) is 7.80. The maximum absolute atomic E-state index is 11.8. The van der Waals surface area contributed by atoms with E-state index in [1.54, 1.807) is 22.7 Å². The molecule has 0 saturated carbocycles. The molecule has 3 heterocycles. The highest BCUT2D eigenvalue weighted by molar-refractivity contribution is 7.13. The topological polar surface area (TPSA) is 45.2 Å². The molecule has 4 nitrogen and oxygen atoms in total. The average Bonchev–Trinajstić information content (AvgIpc) is 3.20. The molecule has 0 bridgehead atoms. The van der Waals surface area contributed by atoms with Crippen molar-refractivity contribution >= 4 is 33.7 Å². The van der Waals surface area contributed by atoms with Gasteiger partial charge in [-0.05, 0) is 30.7 Å². The van der Waals surface area contributed by atoms with Gasteiger partial charge in [0.15, 0.2) is 5.13 Å². The number of carbonyl (C=O) groups is 1. The van der Waals surface area contributed by atoms with Gasteiger partial charge in [0.25, 0.3) is 0 Å². The van der Waals surface area contributed by atoms with Gasteiger partial charge in [0.2, 0.25) is 5.91 Å². The predicted octanol–water partition coefficient (Wildman–Crippen LogP) is 3.10. The van der Waals surface area contributed by atoms with E-state index in [4.69, 9.17) is 4.98 Å². The van der Waals surface area contributed by atoms with Crippen LogP contribution in [0, 0.1) is 0 Å². The highest BCUT2D eigenvalue weighted by Gasteiger charge is 2.14. The summed E-state index contributed by atoms with van der Waals surface area (Å²) < 4.78 is 0. The zero-order valence-corrected chi connectivity index (χ0v) is 14.2. The van der Waals surface area contributed by atoms with E-state index < -0.39 is 0 Å². The van der Waals surface area contributed by atoms with Crippen molar-refractivity contribution in [1.29, 1.82) is 0 Å². The monoisotopic (exact) mass is 335 g/mol. The van der Waals surface area contributed by atoms with Gasteiger partial charge in [-0.25, -0.2) is 4.98 Å². The fourth-order valence-electron chi connectivity index (χ4n) is 2.61. The lowest BCUT2D eigenvalue weighted by molar-refractivity contribution is -0.120. The third-order valence-electron chi connectivity index (χ3n) is 3.78. The molecule has 1 aliphatic heterocycles. The minimum absolute atomic E-state index is 0.0916. The summed E-state index contributed by atoms with van der Waals surface area (Å²) in [5.41, 5.74) is 1.09. The number of thiophene rings is 1. The number of amides is 1. The molecule has 1 fully saturated rings. The standard InChI is InChI=1S/C16H21N3OS2/c20-15(11-14-5-4-10-21-14)17-7-6-13-12-22-16(18-13)19-8-2-1-3-9-19/h4-5,10,12H,1-3,6-9,11H2,(H,17,20). The Bertz CT molecular complexity index is 588. The molecule has 0 unspecified atom stereocenters. The Kier molecular flexibility index (Phi) is 5.45. The van der Waals surface area contributed by atoms with Crippen LogP contribution >= 0.6 is 22.7 Å². The maximum atomic E-state index is 11.8. The van der Waals surface area contributed by atoms with Crippen molar-refractivity contribution in [3.8, 4) is 0 Å². The third kappa shape index (κ3) is 4.30. The van der Waals surface area contributed by atoms with Gasteiger partial charge >= 0.3 is 0 Å². The number of nitrogens with zero attached hydrogens (tertiary/aromatic N) is 2. The minimum atomic E-state index is 0.0916. The van der Waals surface area contributed by atoms with Gasteiger partial charge in [-0.2, -0.15) is 0 Å². The highest BCUT2D eigenvalue weighted by Crippen LogP contribution is 2.24. The summed E-state index contributed by atoms with van der Waals surface area (Å²) in [6.07, 6.45) is 5.17. The molecule has 0 atom stereocenters. The Hall–Kier alpha value is -1.40. The van der Waals surface area contributed by atoms with E-state index in [2.05, 4.69) is 15.6 Å². The molecule has 0 spiro atoms. The largest absolute Gasteiger partial charge is 0.355 e. The number of hydrogen-bond donors (Lipinski definition) is 1. The molecule has 3 rings (SSSR count). The van der Waals surface area contributed by atoms with E-state index >= 15 is 0 Å². The van der Waals surface area contributed by atoms with Crippen molar-refractivity contribution in [2.24, 2.45) is 0 Å². The van der Waals surface area contributed by atoms with Gasteiger partial charge in [-0.3, -0.25) is 4.79 Å². The molecule has 0 aromatic carbocycles. The van der Waals surface area contributed by atoms with Gasteiger partial charge in [0.1, 0.15) is 0 Å². The number of anilines is 1. The van der Waals surface area contributed by atoms with Gasteiger partial charge < -0.3 is 10.2 Å². The molecule has 1 amide bonds. The average molecular weight is 335 g/mol. The van der Waals surface area contributed by atoms with E-state index in [1.807, 2.05) is 17.5 Å². The van der Waals surface area contributed by atoms with Crippen LogP contribution in [0.25, 0.3) is 0 Å². The number of hydrogen-bond acceptors (Lipinski definition) is 5. The lowest BCUT2D eigenvalue weighted by atomic mass is 10.1. The fourth-order valence-corrected chi connectivity index (χ4v) is 4.22. The molecule has 0 radical (unpaired) electrons. The molecule has 1 aliphatic rings. The Morgan fingerprint density at radius 2 is 2.14 bits per heavy atom. The first kappa shape index (κ1) is 15.5. The second kappa shape index (κ2) is 7.74. The summed E-state index contributed by atoms with van der Waals surface area (Å²) in [4.78, 5) is 20.0. The molecule has 1 N–H and O–H groups in total. The quantitative estimate of drug-likeness (QED) is 0.882. The summed E-state index contributed by atoms with van der Waals surface area (Å²) in [5, 5.41) is 8.24. The molecule has 6 heteroatoms. The van der Waals surface area contributed by atoms with Crippen LogP contribution in [0.3, 0.4) is 0 Å². The van der Waals surface area contributed by atoms with Gasteiger partial charge in [0, 0.05) is 36.3 Å². The number of rotatable bonds is 6. The van der Waals surface area contributed by atoms with Gasteiger partial charge in [0.05, 0.1) is 12.1 Å². The van der Waals surface area contributed by atoms with Gasteiger partial charge in [-0.15, -0.1) is 22.7 Å². The second-order valence-electron chi connectivity index (χ2n) is 5.53. The van der Waals surface area contributed by atoms with Crippen LogP contribution in [0.1, 0.15) is 29.8 Å². The predicted molar refractivity (Wildman–Crippen MR) is 92.9 cm³/mol. The Labute approximate surface area is 139 Å². The summed E-state index contributed by atoms with van der Waals surface area (Å²) in [6, 6.07) is 3.97. The zero-order valence-electron chi connectivity index (χ0n) is 12.6. The van der Waals surface area contributed by atoms with Crippen LogP contribution in [0.15, 0.2) is 22.9 Å². The molecule has 118 valence electrons. The summed E-state index contributed by atoms with van der Waals surface area (Å²) in [7, 11) is 0. The minimum Gasteiger partial charge on any atom is -0.355 e. The van der Waals surface area contributed by atoms with Crippen LogP contribution in [-0.4, -0.2) is 30.5 Å². The van der Waals surface area contributed by atoms with Crippen molar-refractivity contribution in [2.75, 3.05) is 24.5 Å². The van der Waals surface area contributed by atoms with Crippen LogP contribution in [-0.2, 0) is 17.6 Å². The zero-order chi connectivity index (χ0) is 15.2. The Morgan fingerprint density at radius 3 is 2.91 bits per heavy atom. The van der Waals surface area contributed by atoms with E-state index in [0.717, 1.165) is 35.2 Å². The number of carbonyl (C=O) groups excluding carboxylic acids is 1. The van der Waals surface area contributed by atoms with Crippen molar-refractivity contribution < 1.29 is 4.79 Å². The smallest absolute Gasteiger partial charge is 0.225 e. The lowest BCUT2D eigenvalue weighted by Gasteiger charge is -2.25. The van der Waals surface area contributed by atoms with Crippen molar-refractivity contribution in [3.05, 3.63) is 33.5 Å². The maximum Gasteiger partial charge on any atom is 0.225 e. The van der Waals surface area contributed by atoms with Crippen molar-refractivity contribution in [2.45, 2.75) is 32.1 Å². The summed E-state index contributed by atoms with van der Waals surface area (Å²) >= 11 is 3.35. The molecule has 1 saturated heterocycles. The molecule has 2 aromatic heterocycles. The van der Waals surface area contributed by atoms with E-state index in [9.17, 15) is 4.79 Å². The molecular weight excluding hydrogens is 314 g/mol. The second-order valence-corrected chi connectivity index (χ2v) is 7.39. The first-order chi connectivity index (χ1) is 10.8. The van der Waals surface area contributed by atoms with E-state index in [-0.39, 0.29) is 5.91 Å². The number of aromatic nitrogens is 1. The number of thiazole rings is 1. The van der Waals surface area contributed by atoms with Crippen LogP contribution in [0.5, 0.6) is 0 Å². The van der Waals surface area contributed by atoms with Crippen LogP contribution in [0.4, 0.5) is 5.13 Å². The molecule has 22 heavy (non-hydrogen) atoms. The molecular formula is C16H21N3OS2. The Morgan fingerprint density at radius 1 is 1.27 bits per heavy atom. The fraction of sp³-hybridized carbons (Fsp3) is 0.500. The molecule has 2 aromatic rings. The number of nitrogens with one attached hydrogen (secondary N) is 1. The van der Waals surface area contributed by atoms with Gasteiger partial charge in [-0.1, -0.05) is 6.07 Å². The first-order valence-corrected chi connectivity index (χ1v) is 9.55. The lowest BCUT2D eigenvalue weighted by Crippen LogP contribution is -2.29. The van der Waals surface area contributed by atoms with E-state index in [1.165, 1.54) is 19.3 Å². The molecule has 0 aliphatic carbocycles. The third-order valence-corrected chi connectivity index (χ3v) is 5.61. The summed E-state index contributed by atoms with van der Waals surface area (Å²) in [6.45, 7) is 2.92. The van der Waals surface area contributed by atoms with Crippen molar-refractivity contribution in [1.82, 2.24) is 10.3 Å². The summed E-state index contributed by atoms with van der Waals surface area (Å²) in [5.74, 6) is 0.0916. The van der Waals surface area contributed by atoms with E-state index in [0.29, 0.717) is 13.0 Å². The number of piperidine rings is 1.